The van der Waals surface area contributed by atoms with Crippen LogP contribution in [0.2, 0.25) is 0 Å². The van der Waals surface area contributed by atoms with E-state index in [1.165, 1.54) is 12.1 Å². The maximum atomic E-state index is 14.4. The molecule has 6 heteroatoms. The first kappa shape index (κ1) is 18.3. The maximum Gasteiger partial charge on any atom is 0.230 e. The zero-order valence-corrected chi connectivity index (χ0v) is 14.5. The van der Waals surface area contributed by atoms with Crippen molar-refractivity contribution in [2.24, 2.45) is 5.92 Å². The Hall–Kier alpha value is -1.53. The molecule has 1 amide bonds. The van der Waals surface area contributed by atoms with Crippen LogP contribution < -0.4 is 5.32 Å². The Morgan fingerprint density at radius 3 is 2.76 bits per heavy atom. The van der Waals surface area contributed by atoms with E-state index in [9.17, 15) is 13.6 Å². The second-order valence-electron chi connectivity index (χ2n) is 6.99. The van der Waals surface area contributed by atoms with Crippen molar-refractivity contribution >= 4 is 5.91 Å². The van der Waals surface area contributed by atoms with Crippen LogP contribution in [0.5, 0.6) is 0 Å². The number of carbonyl (C=O) groups is 1. The summed E-state index contributed by atoms with van der Waals surface area (Å²) >= 11 is 0. The van der Waals surface area contributed by atoms with Crippen molar-refractivity contribution in [2.75, 3.05) is 26.9 Å². The smallest absolute Gasteiger partial charge is 0.230 e. The SMILES string of the molecule is CO[C@@H]1CCC[C@@H]1CNC(=O)C1(c2ccc(F)cc2F)CCOCC1. The molecule has 1 heterocycles. The van der Waals surface area contributed by atoms with Crippen LogP contribution in [0.4, 0.5) is 8.78 Å². The number of rotatable bonds is 5. The molecule has 1 saturated heterocycles. The van der Waals surface area contributed by atoms with E-state index in [1.807, 2.05) is 0 Å². The van der Waals surface area contributed by atoms with Crippen LogP contribution in [-0.2, 0) is 19.7 Å². The second-order valence-corrected chi connectivity index (χ2v) is 6.99. The molecule has 0 unspecified atom stereocenters. The fourth-order valence-electron chi connectivity index (χ4n) is 4.16. The lowest BCUT2D eigenvalue weighted by Gasteiger charge is -2.37. The van der Waals surface area contributed by atoms with Gasteiger partial charge in [-0.15, -0.1) is 0 Å². The van der Waals surface area contributed by atoms with Gasteiger partial charge in [0.05, 0.1) is 11.5 Å². The third kappa shape index (κ3) is 3.70. The van der Waals surface area contributed by atoms with Gasteiger partial charge in [0.25, 0.3) is 0 Å². The van der Waals surface area contributed by atoms with Crippen molar-refractivity contribution in [1.82, 2.24) is 5.32 Å². The molecule has 1 N–H and O–H groups in total. The highest BCUT2D eigenvalue weighted by Crippen LogP contribution is 2.37. The first-order valence-electron chi connectivity index (χ1n) is 8.91. The molecule has 1 aromatic rings. The Kier molecular flexibility index (Phi) is 5.69. The van der Waals surface area contributed by atoms with Crippen molar-refractivity contribution in [2.45, 2.75) is 43.6 Å². The molecule has 2 fully saturated rings. The minimum absolute atomic E-state index is 0.161. The molecule has 1 aliphatic heterocycles. The molecule has 25 heavy (non-hydrogen) atoms. The molecule has 0 aromatic heterocycles. The predicted octanol–water partition coefficient (Wildman–Crippen LogP) is 2.94. The Morgan fingerprint density at radius 1 is 1.32 bits per heavy atom. The number of benzene rings is 1. The van der Waals surface area contributed by atoms with Crippen molar-refractivity contribution < 1.29 is 23.0 Å². The number of hydrogen-bond donors (Lipinski definition) is 1. The van der Waals surface area contributed by atoms with E-state index in [0.717, 1.165) is 25.3 Å². The average molecular weight is 353 g/mol. The molecule has 0 spiro atoms. The van der Waals surface area contributed by atoms with E-state index in [2.05, 4.69) is 5.32 Å². The third-order valence-corrected chi connectivity index (χ3v) is 5.64. The van der Waals surface area contributed by atoms with Crippen molar-refractivity contribution in [1.29, 1.82) is 0 Å². The van der Waals surface area contributed by atoms with E-state index in [4.69, 9.17) is 9.47 Å². The lowest BCUT2D eigenvalue weighted by molar-refractivity contribution is -0.131. The van der Waals surface area contributed by atoms with Crippen LogP contribution >= 0.6 is 0 Å². The van der Waals surface area contributed by atoms with Crippen LogP contribution in [0.3, 0.4) is 0 Å². The van der Waals surface area contributed by atoms with E-state index < -0.39 is 17.0 Å². The maximum absolute atomic E-state index is 14.4. The van der Waals surface area contributed by atoms with Crippen LogP contribution in [-0.4, -0.2) is 38.9 Å². The quantitative estimate of drug-likeness (QED) is 0.885. The Bertz CT molecular complexity index is 617. The number of hydrogen-bond acceptors (Lipinski definition) is 3. The number of carbonyl (C=O) groups excluding carboxylic acids is 1. The van der Waals surface area contributed by atoms with E-state index in [-0.39, 0.29) is 23.5 Å². The topological polar surface area (TPSA) is 47.6 Å². The molecule has 0 radical (unpaired) electrons. The van der Waals surface area contributed by atoms with Gasteiger partial charge in [-0.3, -0.25) is 4.79 Å². The Balaban J connectivity index is 1.79. The minimum atomic E-state index is -1.00. The fraction of sp³-hybridized carbons (Fsp3) is 0.632. The summed E-state index contributed by atoms with van der Waals surface area (Å²) in [6, 6.07) is 3.45. The lowest BCUT2D eigenvalue weighted by atomic mass is 9.73. The van der Waals surface area contributed by atoms with Gasteiger partial charge in [0.2, 0.25) is 5.91 Å². The lowest BCUT2D eigenvalue weighted by Crippen LogP contribution is -2.50. The minimum Gasteiger partial charge on any atom is -0.381 e. The molecule has 1 saturated carbocycles. The number of nitrogens with one attached hydrogen (secondary N) is 1. The first-order chi connectivity index (χ1) is 12.1. The summed E-state index contributed by atoms with van der Waals surface area (Å²) in [5, 5.41) is 3.00. The highest BCUT2D eigenvalue weighted by molar-refractivity contribution is 5.88. The van der Waals surface area contributed by atoms with Gasteiger partial charge < -0.3 is 14.8 Å². The third-order valence-electron chi connectivity index (χ3n) is 5.64. The van der Waals surface area contributed by atoms with E-state index in [1.54, 1.807) is 7.11 Å². The van der Waals surface area contributed by atoms with Gasteiger partial charge in [0, 0.05) is 44.4 Å². The molecule has 3 rings (SSSR count). The van der Waals surface area contributed by atoms with Crippen LogP contribution in [0.15, 0.2) is 18.2 Å². The summed E-state index contributed by atoms with van der Waals surface area (Å²) in [5.41, 5.74) is -0.749. The summed E-state index contributed by atoms with van der Waals surface area (Å²) in [6.45, 7) is 1.28. The van der Waals surface area contributed by atoms with E-state index >= 15 is 0 Å². The molecule has 1 aromatic carbocycles. The van der Waals surface area contributed by atoms with Gasteiger partial charge in [-0.25, -0.2) is 8.78 Å². The predicted molar refractivity (Wildman–Crippen MR) is 89.2 cm³/mol. The summed E-state index contributed by atoms with van der Waals surface area (Å²) < 4.78 is 38.6. The van der Waals surface area contributed by atoms with Crippen LogP contribution in [0.1, 0.15) is 37.7 Å². The van der Waals surface area contributed by atoms with Crippen molar-refractivity contribution in [3.63, 3.8) is 0 Å². The Morgan fingerprint density at radius 2 is 2.08 bits per heavy atom. The number of ether oxygens (including phenoxy) is 2. The highest BCUT2D eigenvalue weighted by atomic mass is 19.1. The van der Waals surface area contributed by atoms with Gasteiger partial charge in [0.15, 0.2) is 0 Å². The van der Waals surface area contributed by atoms with Gasteiger partial charge in [-0.1, -0.05) is 12.5 Å². The standard InChI is InChI=1S/C19H25F2NO3/c1-24-17-4-2-3-13(17)12-22-18(23)19(7-9-25-10-8-19)15-6-5-14(20)11-16(15)21/h5-6,11,13,17H,2-4,7-10,12H2,1H3,(H,22,23)/t13-,17-/m1/s1. The van der Waals surface area contributed by atoms with Crippen molar-refractivity contribution in [3.8, 4) is 0 Å². The van der Waals surface area contributed by atoms with Gasteiger partial charge >= 0.3 is 0 Å². The normalized spacial score (nSPS) is 25.7. The monoisotopic (exact) mass is 353 g/mol. The van der Waals surface area contributed by atoms with Crippen LogP contribution in [0.25, 0.3) is 0 Å². The molecule has 138 valence electrons. The second kappa shape index (κ2) is 7.79. The number of amides is 1. The molecule has 1 aliphatic carbocycles. The Labute approximate surface area is 146 Å². The number of methoxy groups -OCH3 is 1. The molecule has 4 nitrogen and oxygen atoms in total. The summed E-state index contributed by atoms with van der Waals surface area (Å²) in [7, 11) is 1.69. The zero-order valence-electron chi connectivity index (χ0n) is 14.5. The van der Waals surface area contributed by atoms with Gasteiger partial charge in [-0.05, 0) is 31.7 Å². The highest BCUT2D eigenvalue weighted by Gasteiger charge is 2.44. The van der Waals surface area contributed by atoms with Gasteiger partial charge in [-0.2, -0.15) is 0 Å². The van der Waals surface area contributed by atoms with Crippen LogP contribution in [0, 0.1) is 17.6 Å². The van der Waals surface area contributed by atoms with E-state index in [0.29, 0.717) is 32.6 Å². The largest absolute Gasteiger partial charge is 0.381 e. The summed E-state index contributed by atoms with van der Waals surface area (Å²) in [5.74, 6) is -1.24. The fourth-order valence-corrected chi connectivity index (χ4v) is 4.16. The average Bonchev–Trinajstić information content (AvgIpc) is 3.07. The molecular formula is C19H25F2NO3. The molecule has 2 aliphatic rings. The summed E-state index contributed by atoms with van der Waals surface area (Å²) in [6.07, 6.45) is 4.04. The molecule has 0 bridgehead atoms. The number of halogens is 2. The summed E-state index contributed by atoms with van der Waals surface area (Å²) in [4.78, 5) is 13.0. The van der Waals surface area contributed by atoms with Gasteiger partial charge in [0.1, 0.15) is 11.6 Å². The van der Waals surface area contributed by atoms with Crippen molar-refractivity contribution in [3.05, 3.63) is 35.4 Å². The first-order valence-corrected chi connectivity index (χ1v) is 8.91. The molecule has 2 atom stereocenters. The zero-order chi connectivity index (χ0) is 17.9. The molecular weight excluding hydrogens is 328 g/mol.